The predicted octanol–water partition coefficient (Wildman–Crippen LogP) is 5.27. The van der Waals surface area contributed by atoms with Crippen LogP contribution in [0.25, 0.3) is 11.1 Å². The van der Waals surface area contributed by atoms with Crippen molar-refractivity contribution in [2.75, 3.05) is 17.7 Å². The van der Waals surface area contributed by atoms with Crippen molar-refractivity contribution in [3.05, 3.63) is 78.5 Å². The van der Waals surface area contributed by atoms with Crippen LogP contribution in [-0.4, -0.2) is 29.4 Å². The minimum absolute atomic E-state index is 0.143. The van der Waals surface area contributed by atoms with Crippen LogP contribution in [0, 0.1) is 0 Å². The molecule has 0 aliphatic carbocycles. The Morgan fingerprint density at radius 2 is 1.86 bits per heavy atom. The fourth-order valence-electron chi connectivity index (χ4n) is 3.19. The summed E-state index contributed by atoms with van der Waals surface area (Å²) >= 11 is 1.68. The van der Waals surface area contributed by atoms with Crippen LogP contribution < -0.4 is 5.32 Å². The molecule has 4 rings (SSSR count). The quantitative estimate of drug-likeness (QED) is 0.583. The molecule has 2 heterocycles. The molecule has 2 aromatic carbocycles. The number of rotatable bonds is 6. The Hall–Kier alpha value is -2.63. The number of benzene rings is 2. The smallest absolute Gasteiger partial charge is 0.257 e. The van der Waals surface area contributed by atoms with E-state index in [1.807, 2.05) is 66.7 Å². The van der Waals surface area contributed by atoms with Crippen LogP contribution in [0.15, 0.2) is 77.8 Å². The first-order valence-electron chi connectivity index (χ1n) is 9.46. The number of hydrogen-bond acceptors (Lipinski definition) is 4. The molecule has 4 nitrogen and oxygen atoms in total. The normalized spacial score (nSPS) is 16.1. The maximum absolute atomic E-state index is 12.8. The number of pyridine rings is 1. The van der Waals surface area contributed by atoms with Crippen molar-refractivity contribution in [3.63, 3.8) is 0 Å². The molecule has 1 fully saturated rings. The summed E-state index contributed by atoms with van der Waals surface area (Å²) < 4.78 is 5.69. The van der Waals surface area contributed by atoms with Crippen LogP contribution in [0.1, 0.15) is 23.2 Å². The van der Waals surface area contributed by atoms with Gasteiger partial charge in [0.2, 0.25) is 0 Å². The second-order valence-corrected chi connectivity index (χ2v) is 7.76. The van der Waals surface area contributed by atoms with Gasteiger partial charge in [0.05, 0.1) is 11.7 Å². The lowest BCUT2D eigenvalue weighted by Crippen LogP contribution is -2.14. The van der Waals surface area contributed by atoms with Gasteiger partial charge in [0.15, 0.2) is 0 Å². The highest BCUT2D eigenvalue weighted by atomic mass is 32.2. The molecule has 3 aromatic rings. The van der Waals surface area contributed by atoms with Crippen LogP contribution in [0.3, 0.4) is 0 Å². The predicted molar refractivity (Wildman–Crippen MR) is 114 cm³/mol. The van der Waals surface area contributed by atoms with Gasteiger partial charge < -0.3 is 10.1 Å². The van der Waals surface area contributed by atoms with Gasteiger partial charge in [-0.25, -0.2) is 4.98 Å². The van der Waals surface area contributed by atoms with E-state index >= 15 is 0 Å². The highest BCUT2D eigenvalue weighted by Crippen LogP contribution is 2.27. The zero-order valence-electron chi connectivity index (χ0n) is 15.5. The fourth-order valence-corrected chi connectivity index (χ4v) is 4.31. The minimum Gasteiger partial charge on any atom is -0.377 e. The standard InChI is InChI=1S/C23H22N2O2S/c26-23(20-10-4-5-11-21(20)28-16-19-9-6-14-27-19)25-22-13-12-18(15-24-22)17-7-2-1-3-8-17/h1-5,7-8,10-13,15,19H,6,9,14,16H2,(H,24,25,26). The van der Waals surface area contributed by atoms with Crippen molar-refractivity contribution in [3.8, 4) is 11.1 Å². The molecule has 0 spiro atoms. The molecule has 0 saturated carbocycles. The number of amides is 1. The number of anilines is 1. The molecular formula is C23H22N2O2S. The van der Waals surface area contributed by atoms with Crippen LogP contribution >= 0.6 is 11.8 Å². The van der Waals surface area contributed by atoms with Gasteiger partial charge in [-0.3, -0.25) is 4.79 Å². The zero-order chi connectivity index (χ0) is 19.2. The van der Waals surface area contributed by atoms with Gasteiger partial charge in [-0.15, -0.1) is 11.8 Å². The second-order valence-electron chi connectivity index (χ2n) is 6.69. The number of nitrogens with zero attached hydrogens (tertiary/aromatic N) is 1. The van der Waals surface area contributed by atoms with Crippen molar-refractivity contribution in [2.45, 2.75) is 23.8 Å². The number of aromatic nitrogens is 1. The largest absolute Gasteiger partial charge is 0.377 e. The van der Waals surface area contributed by atoms with E-state index in [1.54, 1.807) is 18.0 Å². The Kier molecular flexibility index (Phi) is 6.04. The number of ether oxygens (including phenoxy) is 1. The summed E-state index contributed by atoms with van der Waals surface area (Å²) in [5, 5.41) is 2.91. The zero-order valence-corrected chi connectivity index (χ0v) is 16.3. The maximum Gasteiger partial charge on any atom is 0.257 e. The Morgan fingerprint density at radius 1 is 1.04 bits per heavy atom. The lowest BCUT2D eigenvalue weighted by molar-refractivity contribution is 0.102. The maximum atomic E-state index is 12.8. The first-order chi connectivity index (χ1) is 13.8. The lowest BCUT2D eigenvalue weighted by Gasteiger charge is -2.12. The monoisotopic (exact) mass is 390 g/mol. The van der Waals surface area contributed by atoms with E-state index in [1.165, 1.54) is 0 Å². The van der Waals surface area contributed by atoms with Crippen LogP contribution in [0.2, 0.25) is 0 Å². The number of carbonyl (C=O) groups excluding carboxylic acids is 1. The Balaban J connectivity index is 1.43. The molecule has 5 heteroatoms. The summed E-state index contributed by atoms with van der Waals surface area (Å²) in [6, 6.07) is 21.5. The van der Waals surface area contributed by atoms with E-state index in [2.05, 4.69) is 10.3 Å². The van der Waals surface area contributed by atoms with Gasteiger partial charge in [0, 0.05) is 29.0 Å². The first-order valence-corrected chi connectivity index (χ1v) is 10.4. The van der Waals surface area contributed by atoms with Gasteiger partial charge >= 0.3 is 0 Å². The molecular weight excluding hydrogens is 368 g/mol. The van der Waals surface area contributed by atoms with E-state index in [0.717, 1.165) is 41.2 Å². The average molecular weight is 391 g/mol. The second kappa shape index (κ2) is 9.04. The highest BCUT2D eigenvalue weighted by molar-refractivity contribution is 7.99. The number of nitrogens with one attached hydrogen (secondary N) is 1. The van der Waals surface area contributed by atoms with Crippen molar-refractivity contribution in [2.24, 2.45) is 0 Å². The molecule has 1 aliphatic heterocycles. The van der Waals surface area contributed by atoms with E-state index < -0.39 is 0 Å². The van der Waals surface area contributed by atoms with Crippen LogP contribution in [0.4, 0.5) is 5.82 Å². The SMILES string of the molecule is O=C(Nc1ccc(-c2ccccc2)cn1)c1ccccc1SCC1CCCO1. The summed E-state index contributed by atoms with van der Waals surface area (Å²) in [6.45, 7) is 0.845. The van der Waals surface area contributed by atoms with Gasteiger partial charge in [0.1, 0.15) is 5.82 Å². The topological polar surface area (TPSA) is 51.2 Å². The molecule has 1 N–H and O–H groups in total. The van der Waals surface area contributed by atoms with Crippen LogP contribution in [0.5, 0.6) is 0 Å². The van der Waals surface area contributed by atoms with E-state index in [4.69, 9.17) is 4.74 Å². The summed E-state index contributed by atoms with van der Waals surface area (Å²) in [5.74, 6) is 1.27. The summed E-state index contributed by atoms with van der Waals surface area (Å²) in [5.41, 5.74) is 2.79. The molecule has 1 aromatic heterocycles. The Morgan fingerprint density at radius 3 is 2.61 bits per heavy atom. The summed E-state index contributed by atoms with van der Waals surface area (Å²) in [4.78, 5) is 18.2. The molecule has 1 amide bonds. The van der Waals surface area contributed by atoms with Crippen molar-refractivity contribution in [1.82, 2.24) is 4.98 Å². The fraction of sp³-hybridized carbons (Fsp3) is 0.217. The van der Waals surface area contributed by atoms with Crippen molar-refractivity contribution >= 4 is 23.5 Å². The number of hydrogen-bond donors (Lipinski definition) is 1. The van der Waals surface area contributed by atoms with Crippen LogP contribution in [-0.2, 0) is 4.74 Å². The molecule has 0 bridgehead atoms. The highest BCUT2D eigenvalue weighted by Gasteiger charge is 2.18. The van der Waals surface area contributed by atoms with Gasteiger partial charge in [-0.2, -0.15) is 0 Å². The molecule has 1 saturated heterocycles. The third-order valence-electron chi connectivity index (χ3n) is 4.69. The summed E-state index contributed by atoms with van der Waals surface area (Å²) in [6.07, 6.45) is 4.29. The first kappa shape index (κ1) is 18.7. The summed E-state index contributed by atoms with van der Waals surface area (Å²) in [7, 11) is 0. The van der Waals surface area contributed by atoms with E-state index in [9.17, 15) is 4.79 Å². The Bertz CT molecular complexity index is 923. The minimum atomic E-state index is -0.143. The Labute approximate surface area is 169 Å². The molecule has 28 heavy (non-hydrogen) atoms. The molecule has 1 unspecified atom stereocenters. The molecule has 1 atom stereocenters. The number of carbonyl (C=O) groups is 1. The number of thioether (sulfide) groups is 1. The third-order valence-corrected chi connectivity index (χ3v) is 5.90. The molecule has 0 radical (unpaired) electrons. The lowest BCUT2D eigenvalue weighted by atomic mass is 10.1. The van der Waals surface area contributed by atoms with Crippen molar-refractivity contribution < 1.29 is 9.53 Å². The third kappa shape index (κ3) is 4.61. The van der Waals surface area contributed by atoms with Gasteiger partial charge in [0.25, 0.3) is 5.91 Å². The van der Waals surface area contributed by atoms with Crippen molar-refractivity contribution in [1.29, 1.82) is 0 Å². The average Bonchev–Trinajstić information content (AvgIpc) is 3.27. The van der Waals surface area contributed by atoms with E-state index in [-0.39, 0.29) is 12.0 Å². The van der Waals surface area contributed by atoms with E-state index in [0.29, 0.717) is 11.4 Å². The molecule has 142 valence electrons. The van der Waals surface area contributed by atoms with Gasteiger partial charge in [-0.1, -0.05) is 42.5 Å². The molecule has 1 aliphatic rings. The van der Waals surface area contributed by atoms with Gasteiger partial charge in [-0.05, 0) is 42.7 Å².